The number of imidazole rings is 1. The van der Waals surface area contributed by atoms with E-state index in [-0.39, 0.29) is 5.92 Å². The third-order valence-corrected chi connectivity index (χ3v) is 3.73. The molecule has 0 saturated carbocycles. The van der Waals surface area contributed by atoms with Gasteiger partial charge in [0.1, 0.15) is 12.4 Å². The normalized spacial score (nSPS) is 14.5. The standard InChI is InChI=1S/C8H16N3O3S/c1-7(2)8(15(12,13)14-9)11-5-4-10(3)6-11/h4-8H,9H2,1-3H3/q+1. The van der Waals surface area contributed by atoms with Gasteiger partial charge in [-0.2, -0.15) is 18.6 Å². The molecule has 0 saturated heterocycles. The first-order chi connectivity index (χ1) is 6.88. The molecule has 0 fully saturated rings. The molecule has 0 aliphatic rings. The van der Waals surface area contributed by atoms with Crippen molar-refractivity contribution in [2.75, 3.05) is 0 Å². The van der Waals surface area contributed by atoms with E-state index >= 15 is 0 Å². The molecular formula is C8H16N3O3S+. The lowest BCUT2D eigenvalue weighted by Crippen LogP contribution is -2.30. The first-order valence-electron chi connectivity index (χ1n) is 4.53. The summed E-state index contributed by atoms with van der Waals surface area (Å²) in [5.74, 6) is 4.65. The molecule has 0 aromatic carbocycles. The van der Waals surface area contributed by atoms with E-state index in [9.17, 15) is 8.42 Å². The van der Waals surface area contributed by atoms with Gasteiger partial charge >= 0.3 is 10.1 Å². The lowest BCUT2D eigenvalue weighted by atomic mass is 10.2. The number of hydrogen-bond acceptors (Lipinski definition) is 4. The molecule has 0 bridgehead atoms. The van der Waals surface area contributed by atoms with Gasteiger partial charge in [-0.25, -0.2) is 9.13 Å². The fourth-order valence-corrected chi connectivity index (χ4v) is 2.71. The van der Waals surface area contributed by atoms with Crippen LogP contribution in [0, 0.1) is 5.92 Å². The Morgan fingerprint density at radius 2 is 2.07 bits per heavy atom. The van der Waals surface area contributed by atoms with Crippen LogP contribution in [0.1, 0.15) is 19.2 Å². The molecule has 1 aromatic rings. The summed E-state index contributed by atoms with van der Waals surface area (Å²) in [6.45, 7) is 3.59. The second kappa shape index (κ2) is 4.30. The Hall–Kier alpha value is -0.920. The first kappa shape index (κ1) is 12.2. The number of aryl methyl sites for hydroxylation is 1. The average Bonchev–Trinajstić information content (AvgIpc) is 2.51. The van der Waals surface area contributed by atoms with E-state index in [4.69, 9.17) is 5.90 Å². The van der Waals surface area contributed by atoms with Crippen molar-refractivity contribution in [3.63, 3.8) is 0 Å². The van der Waals surface area contributed by atoms with Gasteiger partial charge in [-0.1, -0.05) is 13.8 Å². The topological polar surface area (TPSA) is 78.2 Å². The van der Waals surface area contributed by atoms with E-state index in [1.165, 1.54) is 0 Å². The zero-order valence-corrected chi connectivity index (χ0v) is 9.81. The zero-order valence-electron chi connectivity index (χ0n) is 8.99. The third kappa shape index (κ3) is 2.55. The maximum Gasteiger partial charge on any atom is 0.325 e. The monoisotopic (exact) mass is 234 g/mol. The first-order valence-corrected chi connectivity index (χ1v) is 6.00. The molecule has 0 amide bonds. The minimum Gasteiger partial charge on any atom is -0.240 e. The highest BCUT2D eigenvalue weighted by molar-refractivity contribution is 7.86. The number of nitrogens with two attached hydrogens (primary N) is 1. The predicted octanol–water partition coefficient (Wildman–Crippen LogP) is -0.313. The number of nitrogens with zero attached hydrogens (tertiary/aromatic N) is 2. The van der Waals surface area contributed by atoms with Crippen molar-refractivity contribution in [1.29, 1.82) is 0 Å². The molecule has 2 N–H and O–H groups in total. The quantitative estimate of drug-likeness (QED) is 0.572. The van der Waals surface area contributed by atoms with Crippen molar-refractivity contribution in [3.05, 3.63) is 18.7 Å². The Morgan fingerprint density at radius 1 is 1.47 bits per heavy atom. The summed E-state index contributed by atoms with van der Waals surface area (Å²) >= 11 is 0. The summed E-state index contributed by atoms with van der Waals surface area (Å²) in [4.78, 5) is 0. The van der Waals surface area contributed by atoms with Gasteiger partial charge < -0.3 is 0 Å². The SMILES string of the molecule is CC(C)C(n1cc[n+](C)c1)S(=O)(=O)ON. The Balaban J connectivity index is 3.15. The minimum absolute atomic E-state index is 0.133. The predicted molar refractivity (Wildman–Crippen MR) is 53.7 cm³/mol. The molecule has 15 heavy (non-hydrogen) atoms. The van der Waals surface area contributed by atoms with Crippen LogP contribution in [0.15, 0.2) is 18.7 Å². The van der Waals surface area contributed by atoms with Crippen LogP contribution in [0.5, 0.6) is 0 Å². The van der Waals surface area contributed by atoms with Gasteiger partial charge in [0.25, 0.3) is 0 Å². The van der Waals surface area contributed by atoms with E-state index in [0.717, 1.165) is 0 Å². The molecule has 1 aromatic heterocycles. The Kier molecular flexibility index (Phi) is 3.48. The van der Waals surface area contributed by atoms with E-state index in [0.29, 0.717) is 0 Å². The van der Waals surface area contributed by atoms with Gasteiger partial charge in [-0.05, 0) is 0 Å². The van der Waals surface area contributed by atoms with Crippen LogP contribution in [-0.2, 0) is 21.4 Å². The molecule has 0 spiro atoms. The second-order valence-corrected chi connectivity index (χ2v) is 5.41. The third-order valence-electron chi connectivity index (χ3n) is 2.08. The Labute approximate surface area is 89.3 Å². The average molecular weight is 234 g/mol. The fraction of sp³-hybridized carbons (Fsp3) is 0.625. The maximum absolute atomic E-state index is 11.6. The second-order valence-electron chi connectivity index (χ2n) is 3.75. The van der Waals surface area contributed by atoms with Gasteiger partial charge in [0.05, 0.1) is 7.05 Å². The summed E-state index contributed by atoms with van der Waals surface area (Å²) in [6, 6.07) is 0. The summed E-state index contributed by atoms with van der Waals surface area (Å²) < 4.78 is 30.5. The van der Waals surface area contributed by atoms with Crippen molar-refractivity contribution in [3.8, 4) is 0 Å². The van der Waals surface area contributed by atoms with Crippen LogP contribution in [-0.4, -0.2) is 13.0 Å². The van der Waals surface area contributed by atoms with Crippen LogP contribution >= 0.6 is 0 Å². The zero-order chi connectivity index (χ0) is 11.6. The Morgan fingerprint density at radius 3 is 2.40 bits per heavy atom. The summed E-state index contributed by atoms with van der Waals surface area (Å²) in [5.41, 5.74) is 0. The molecular weight excluding hydrogens is 218 g/mol. The van der Waals surface area contributed by atoms with Crippen LogP contribution < -0.4 is 10.5 Å². The van der Waals surface area contributed by atoms with Crippen LogP contribution in [0.25, 0.3) is 0 Å². The van der Waals surface area contributed by atoms with Crippen molar-refractivity contribution < 1.29 is 17.3 Å². The van der Waals surface area contributed by atoms with Crippen molar-refractivity contribution in [2.24, 2.45) is 18.9 Å². The van der Waals surface area contributed by atoms with Crippen molar-refractivity contribution in [1.82, 2.24) is 4.57 Å². The summed E-state index contributed by atoms with van der Waals surface area (Å²) in [6.07, 6.45) is 5.09. The molecule has 0 aliphatic heterocycles. The van der Waals surface area contributed by atoms with Gasteiger partial charge in [-0.15, -0.1) is 0 Å². The Bertz CT molecular complexity index is 424. The summed E-state index contributed by atoms with van der Waals surface area (Å²) in [5, 5.41) is -0.802. The number of rotatable bonds is 4. The largest absolute Gasteiger partial charge is 0.325 e. The van der Waals surface area contributed by atoms with Crippen molar-refractivity contribution >= 4 is 10.1 Å². The highest BCUT2D eigenvalue weighted by Crippen LogP contribution is 2.23. The molecule has 6 nitrogen and oxygen atoms in total. The molecule has 1 heterocycles. The highest BCUT2D eigenvalue weighted by atomic mass is 32.2. The van der Waals surface area contributed by atoms with E-state index in [2.05, 4.69) is 4.28 Å². The number of hydrogen-bond donors (Lipinski definition) is 1. The number of aromatic nitrogens is 2. The van der Waals surface area contributed by atoms with E-state index in [1.807, 2.05) is 7.05 Å². The fourth-order valence-electron chi connectivity index (χ4n) is 1.50. The van der Waals surface area contributed by atoms with Crippen molar-refractivity contribution in [2.45, 2.75) is 19.2 Å². The molecule has 7 heteroatoms. The molecule has 86 valence electrons. The van der Waals surface area contributed by atoms with Gasteiger partial charge in [0, 0.05) is 5.92 Å². The van der Waals surface area contributed by atoms with Gasteiger partial charge in [0.15, 0.2) is 0 Å². The molecule has 1 atom stereocenters. The molecule has 0 aliphatic carbocycles. The highest BCUT2D eigenvalue weighted by Gasteiger charge is 2.35. The van der Waals surface area contributed by atoms with E-state index in [1.54, 1.807) is 41.7 Å². The minimum atomic E-state index is -3.77. The van der Waals surface area contributed by atoms with Crippen LogP contribution in [0.4, 0.5) is 0 Å². The van der Waals surface area contributed by atoms with Crippen LogP contribution in [0.3, 0.4) is 0 Å². The van der Waals surface area contributed by atoms with Gasteiger partial charge in [0.2, 0.25) is 11.7 Å². The smallest absolute Gasteiger partial charge is 0.240 e. The molecule has 1 rings (SSSR count). The lowest BCUT2D eigenvalue weighted by Gasteiger charge is -2.15. The lowest BCUT2D eigenvalue weighted by molar-refractivity contribution is -0.671. The summed E-state index contributed by atoms with van der Waals surface area (Å²) in [7, 11) is -1.96. The van der Waals surface area contributed by atoms with Gasteiger partial charge in [-0.3, -0.25) is 0 Å². The van der Waals surface area contributed by atoms with E-state index < -0.39 is 15.5 Å². The molecule has 1 unspecified atom stereocenters. The maximum atomic E-state index is 11.6. The van der Waals surface area contributed by atoms with Crippen LogP contribution in [0.2, 0.25) is 0 Å². The molecule has 0 radical (unpaired) electrons.